The highest BCUT2D eigenvalue weighted by atomic mass is 16.5. The number of aliphatic carboxylic acids is 1. The van der Waals surface area contributed by atoms with Crippen molar-refractivity contribution in [1.29, 1.82) is 0 Å². The summed E-state index contributed by atoms with van der Waals surface area (Å²) < 4.78 is 10.1. The molecule has 0 radical (unpaired) electrons. The average Bonchev–Trinajstić information content (AvgIpc) is 2.70. The molecule has 0 amide bonds. The van der Waals surface area contributed by atoms with Crippen molar-refractivity contribution in [2.45, 2.75) is 39.0 Å². The third kappa shape index (κ3) is 10.7. The summed E-state index contributed by atoms with van der Waals surface area (Å²) in [5, 5.41) is 8.37. The standard InChI is InChI=1S/C13H18O3.C9H10O2/c1-3-9-16-12-6-4-5-11(10-12)7-8-13(14)15-2;10-9(11)7-6-8-4-2-1-3-5-8/h4-6,10H,3,7-9H2,1-2H3;1-5H,6-7H2,(H,10,11). The van der Waals surface area contributed by atoms with Crippen molar-refractivity contribution in [3.63, 3.8) is 0 Å². The molecule has 0 aliphatic rings. The van der Waals surface area contributed by atoms with Crippen LogP contribution in [0.15, 0.2) is 54.6 Å². The van der Waals surface area contributed by atoms with Gasteiger partial charge in [0.25, 0.3) is 0 Å². The number of carboxylic acids is 1. The van der Waals surface area contributed by atoms with E-state index in [4.69, 9.17) is 9.84 Å². The Hall–Kier alpha value is -2.82. The molecule has 2 aromatic carbocycles. The molecule has 27 heavy (non-hydrogen) atoms. The van der Waals surface area contributed by atoms with Gasteiger partial charge >= 0.3 is 11.9 Å². The Morgan fingerprint density at radius 2 is 1.59 bits per heavy atom. The summed E-state index contributed by atoms with van der Waals surface area (Å²) in [5.74, 6) is -0.0575. The SMILES string of the molecule is CCCOc1cccc(CCC(=O)OC)c1.O=C(O)CCc1ccccc1. The Balaban J connectivity index is 0.000000289. The second-order valence-corrected chi connectivity index (χ2v) is 5.95. The van der Waals surface area contributed by atoms with Gasteiger partial charge in [0.1, 0.15) is 5.75 Å². The molecule has 1 N–H and O–H groups in total. The molecule has 0 fully saturated rings. The zero-order valence-electron chi connectivity index (χ0n) is 16.0. The zero-order valence-corrected chi connectivity index (χ0v) is 16.0. The first-order chi connectivity index (χ1) is 13.0. The fourth-order valence-electron chi connectivity index (χ4n) is 2.26. The molecule has 0 aromatic heterocycles. The summed E-state index contributed by atoms with van der Waals surface area (Å²) in [5.41, 5.74) is 2.17. The van der Waals surface area contributed by atoms with Crippen LogP contribution in [0.3, 0.4) is 0 Å². The molecule has 0 saturated carbocycles. The Morgan fingerprint density at radius 1 is 0.926 bits per heavy atom. The quantitative estimate of drug-likeness (QED) is 0.665. The minimum Gasteiger partial charge on any atom is -0.494 e. The van der Waals surface area contributed by atoms with Crippen molar-refractivity contribution in [3.05, 3.63) is 65.7 Å². The van der Waals surface area contributed by atoms with Gasteiger partial charge in [0.2, 0.25) is 0 Å². The van der Waals surface area contributed by atoms with Crippen LogP contribution in [0.5, 0.6) is 5.75 Å². The topological polar surface area (TPSA) is 72.8 Å². The third-order valence-electron chi connectivity index (χ3n) is 3.69. The van der Waals surface area contributed by atoms with Crippen molar-refractivity contribution in [2.24, 2.45) is 0 Å². The molecule has 0 bridgehead atoms. The number of esters is 1. The normalized spacial score (nSPS) is 9.70. The number of aryl methyl sites for hydroxylation is 2. The van der Waals surface area contributed by atoms with Crippen molar-refractivity contribution in [1.82, 2.24) is 0 Å². The molecule has 2 aromatic rings. The fraction of sp³-hybridized carbons (Fsp3) is 0.364. The van der Waals surface area contributed by atoms with Crippen LogP contribution in [0.1, 0.15) is 37.3 Å². The lowest BCUT2D eigenvalue weighted by Gasteiger charge is -2.06. The van der Waals surface area contributed by atoms with Crippen molar-refractivity contribution in [3.8, 4) is 5.75 Å². The minimum absolute atomic E-state index is 0.181. The van der Waals surface area contributed by atoms with Crippen LogP contribution in [0.4, 0.5) is 0 Å². The van der Waals surface area contributed by atoms with Crippen LogP contribution in [0, 0.1) is 0 Å². The number of carboxylic acid groups (broad SMARTS) is 1. The minimum atomic E-state index is -0.742. The number of hydrogen-bond donors (Lipinski definition) is 1. The van der Waals surface area contributed by atoms with Gasteiger partial charge in [-0.15, -0.1) is 0 Å². The smallest absolute Gasteiger partial charge is 0.305 e. The van der Waals surface area contributed by atoms with Gasteiger partial charge < -0.3 is 14.6 Å². The summed E-state index contributed by atoms with van der Waals surface area (Å²) in [6, 6.07) is 17.4. The molecule has 2 rings (SSSR count). The largest absolute Gasteiger partial charge is 0.494 e. The highest BCUT2D eigenvalue weighted by Crippen LogP contribution is 2.15. The maximum absolute atomic E-state index is 11.0. The number of benzene rings is 2. The average molecular weight is 372 g/mol. The molecule has 0 spiro atoms. The molecule has 0 atom stereocenters. The first-order valence-corrected chi connectivity index (χ1v) is 9.09. The van der Waals surface area contributed by atoms with Gasteiger partial charge in [0, 0.05) is 12.8 Å². The molecule has 5 nitrogen and oxygen atoms in total. The van der Waals surface area contributed by atoms with E-state index in [2.05, 4.69) is 11.7 Å². The lowest BCUT2D eigenvalue weighted by Crippen LogP contribution is -2.02. The summed E-state index contributed by atoms with van der Waals surface area (Å²) >= 11 is 0. The van der Waals surface area contributed by atoms with Crippen molar-refractivity contribution < 1.29 is 24.2 Å². The maximum atomic E-state index is 11.0. The second kappa shape index (κ2) is 13.4. The van der Waals surface area contributed by atoms with E-state index in [-0.39, 0.29) is 12.4 Å². The number of carbonyl (C=O) groups excluding carboxylic acids is 1. The van der Waals surface area contributed by atoms with Gasteiger partial charge in [-0.1, -0.05) is 49.4 Å². The lowest BCUT2D eigenvalue weighted by atomic mass is 10.1. The highest BCUT2D eigenvalue weighted by Gasteiger charge is 2.02. The summed E-state index contributed by atoms with van der Waals surface area (Å²) in [4.78, 5) is 21.2. The maximum Gasteiger partial charge on any atom is 0.305 e. The van der Waals surface area contributed by atoms with Crippen molar-refractivity contribution in [2.75, 3.05) is 13.7 Å². The van der Waals surface area contributed by atoms with E-state index in [1.54, 1.807) is 0 Å². The van der Waals surface area contributed by atoms with Gasteiger partial charge in [-0.25, -0.2) is 0 Å². The van der Waals surface area contributed by atoms with E-state index >= 15 is 0 Å². The van der Waals surface area contributed by atoms with E-state index in [0.717, 1.165) is 29.9 Å². The monoisotopic (exact) mass is 372 g/mol. The molecular weight excluding hydrogens is 344 g/mol. The molecule has 0 aliphatic heterocycles. The predicted octanol–water partition coefficient (Wildman–Crippen LogP) is 4.28. The first-order valence-electron chi connectivity index (χ1n) is 9.09. The van der Waals surface area contributed by atoms with Crippen LogP contribution >= 0.6 is 0 Å². The van der Waals surface area contributed by atoms with Crippen LogP contribution in [-0.2, 0) is 27.2 Å². The zero-order chi connectivity index (χ0) is 19.9. The first kappa shape index (κ1) is 22.2. The van der Waals surface area contributed by atoms with Gasteiger partial charge in [-0.2, -0.15) is 0 Å². The van der Waals surface area contributed by atoms with Gasteiger partial charge in [-0.3, -0.25) is 9.59 Å². The van der Waals surface area contributed by atoms with Crippen LogP contribution in [-0.4, -0.2) is 30.8 Å². The van der Waals surface area contributed by atoms with Crippen LogP contribution < -0.4 is 4.74 Å². The van der Waals surface area contributed by atoms with Gasteiger partial charge in [0.15, 0.2) is 0 Å². The van der Waals surface area contributed by atoms with Gasteiger partial charge in [-0.05, 0) is 42.5 Å². The molecular formula is C22H28O5. The Morgan fingerprint density at radius 3 is 2.22 bits per heavy atom. The Bertz CT molecular complexity index is 682. The third-order valence-corrected chi connectivity index (χ3v) is 3.69. The van der Waals surface area contributed by atoms with Crippen LogP contribution in [0.25, 0.3) is 0 Å². The number of rotatable bonds is 9. The summed E-state index contributed by atoms with van der Waals surface area (Å²) in [6.07, 6.45) is 2.93. The molecule has 0 heterocycles. The summed E-state index contributed by atoms with van der Waals surface area (Å²) in [7, 11) is 1.41. The van der Waals surface area contributed by atoms with Crippen molar-refractivity contribution >= 4 is 11.9 Å². The highest BCUT2D eigenvalue weighted by molar-refractivity contribution is 5.69. The molecule has 146 valence electrons. The molecule has 0 saturated heterocycles. The Labute approximate surface area is 160 Å². The Kier molecular flexibility index (Phi) is 11.0. The molecule has 0 unspecified atom stereocenters. The molecule has 0 aliphatic carbocycles. The van der Waals surface area contributed by atoms with E-state index in [9.17, 15) is 9.59 Å². The fourth-order valence-corrected chi connectivity index (χ4v) is 2.26. The van der Waals surface area contributed by atoms with E-state index < -0.39 is 5.97 Å². The summed E-state index contributed by atoms with van der Waals surface area (Å²) in [6.45, 7) is 2.79. The number of methoxy groups -OCH3 is 1. The molecule has 5 heteroatoms. The lowest BCUT2D eigenvalue weighted by molar-refractivity contribution is -0.140. The number of ether oxygens (including phenoxy) is 2. The second-order valence-electron chi connectivity index (χ2n) is 5.95. The van der Waals surface area contributed by atoms with E-state index in [1.165, 1.54) is 7.11 Å². The van der Waals surface area contributed by atoms with Crippen LogP contribution in [0.2, 0.25) is 0 Å². The predicted molar refractivity (Wildman–Crippen MR) is 105 cm³/mol. The number of hydrogen-bond acceptors (Lipinski definition) is 4. The van der Waals surface area contributed by atoms with E-state index in [0.29, 0.717) is 19.3 Å². The van der Waals surface area contributed by atoms with Gasteiger partial charge in [0.05, 0.1) is 13.7 Å². The van der Waals surface area contributed by atoms with E-state index in [1.807, 2.05) is 54.6 Å². The number of carbonyl (C=O) groups is 2.